The monoisotopic (exact) mass is 293 g/mol. The topological polar surface area (TPSA) is 27.6 Å². The Morgan fingerprint density at radius 1 is 1.47 bits per heavy atom. The van der Waals surface area contributed by atoms with Crippen LogP contribution in [-0.2, 0) is 0 Å². The van der Waals surface area contributed by atoms with Crippen LogP contribution in [0.3, 0.4) is 0 Å². The van der Waals surface area contributed by atoms with Crippen LogP contribution in [0.5, 0.6) is 0 Å². The minimum atomic E-state index is 0.338. The molecule has 0 radical (unpaired) electrons. The number of hydrazone groups is 1. The van der Waals surface area contributed by atoms with E-state index < -0.39 is 0 Å². The maximum atomic E-state index is 4.50. The molecule has 1 N–H and O–H groups in total. The first-order valence-electron chi connectivity index (χ1n) is 6.00. The molecule has 4 heteroatoms. The van der Waals surface area contributed by atoms with Crippen molar-refractivity contribution in [2.45, 2.75) is 12.5 Å². The lowest BCUT2D eigenvalue weighted by Crippen LogP contribution is -2.39. The Balaban J connectivity index is 1.86. The summed E-state index contributed by atoms with van der Waals surface area (Å²) in [6.45, 7) is 2.23. The van der Waals surface area contributed by atoms with E-state index >= 15 is 0 Å². The first-order valence-corrected chi connectivity index (χ1v) is 6.79. The third-order valence-electron chi connectivity index (χ3n) is 3.64. The molecule has 0 amide bonds. The summed E-state index contributed by atoms with van der Waals surface area (Å²) in [7, 11) is 2.19. The second kappa shape index (κ2) is 4.42. The van der Waals surface area contributed by atoms with Gasteiger partial charge in [0.2, 0.25) is 0 Å². The van der Waals surface area contributed by atoms with Crippen molar-refractivity contribution in [3.63, 3.8) is 0 Å². The van der Waals surface area contributed by atoms with Gasteiger partial charge in [-0.2, -0.15) is 5.10 Å². The molecule has 2 heterocycles. The zero-order valence-electron chi connectivity index (χ0n) is 9.86. The Hall–Kier alpha value is -0.870. The Labute approximate surface area is 110 Å². The zero-order chi connectivity index (χ0) is 11.8. The first kappa shape index (κ1) is 11.2. The van der Waals surface area contributed by atoms with Gasteiger partial charge >= 0.3 is 0 Å². The highest BCUT2D eigenvalue weighted by Crippen LogP contribution is 2.32. The number of benzene rings is 1. The van der Waals surface area contributed by atoms with Crippen molar-refractivity contribution in [1.82, 2.24) is 10.3 Å². The molecule has 0 bridgehead atoms. The highest BCUT2D eigenvalue weighted by atomic mass is 79.9. The molecule has 2 atom stereocenters. The smallest absolute Gasteiger partial charge is 0.0783 e. The van der Waals surface area contributed by atoms with Crippen LogP contribution in [0.1, 0.15) is 18.0 Å². The minimum absolute atomic E-state index is 0.338. The molecule has 1 aromatic carbocycles. The van der Waals surface area contributed by atoms with Crippen LogP contribution in [0.15, 0.2) is 33.8 Å². The molecule has 1 saturated heterocycles. The van der Waals surface area contributed by atoms with E-state index in [1.165, 1.54) is 11.3 Å². The molecule has 0 saturated carbocycles. The fraction of sp³-hybridized carbons (Fsp3) is 0.462. The lowest BCUT2D eigenvalue weighted by atomic mass is 9.87. The fourth-order valence-electron chi connectivity index (χ4n) is 2.71. The number of piperidine rings is 1. The number of likely N-dealkylation sites (tertiary alicyclic amines) is 1. The van der Waals surface area contributed by atoms with Gasteiger partial charge < -0.3 is 10.3 Å². The van der Waals surface area contributed by atoms with E-state index in [4.69, 9.17) is 0 Å². The quantitative estimate of drug-likeness (QED) is 0.861. The van der Waals surface area contributed by atoms with Gasteiger partial charge in [0.25, 0.3) is 0 Å². The molecule has 3 nitrogen and oxygen atoms in total. The lowest BCUT2D eigenvalue weighted by molar-refractivity contribution is 0.272. The summed E-state index contributed by atoms with van der Waals surface area (Å²) in [5, 5.41) is 4.50. The number of rotatable bonds is 1. The van der Waals surface area contributed by atoms with E-state index in [0.717, 1.165) is 24.0 Å². The summed E-state index contributed by atoms with van der Waals surface area (Å²) in [4.78, 5) is 2.39. The summed E-state index contributed by atoms with van der Waals surface area (Å²) in [5.41, 5.74) is 5.96. The van der Waals surface area contributed by atoms with Crippen molar-refractivity contribution >= 4 is 21.6 Å². The summed E-state index contributed by atoms with van der Waals surface area (Å²) in [6.07, 6.45) is 1.10. The lowest BCUT2D eigenvalue weighted by Gasteiger charge is -2.30. The molecule has 0 spiro atoms. The summed E-state index contributed by atoms with van der Waals surface area (Å²) >= 11 is 3.53. The van der Waals surface area contributed by atoms with E-state index in [0.29, 0.717) is 12.0 Å². The SMILES string of the molecule is CN1CCC2=NNC(c3cccc(Br)c3)C2C1. The maximum Gasteiger partial charge on any atom is 0.0783 e. The van der Waals surface area contributed by atoms with Crippen LogP contribution in [-0.4, -0.2) is 30.7 Å². The highest BCUT2D eigenvalue weighted by molar-refractivity contribution is 9.10. The van der Waals surface area contributed by atoms with Gasteiger partial charge in [0.05, 0.1) is 6.04 Å². The molecule has 1 fully saturated rings. The molecular weight excluding hydrogens is 278 g/mol. The molecule has 2 aliphatic heterocycles. The van der Waals surface area contributed by atoms with Gasteiger partial charge in [0.1, 0.15) is 0 Å². The van der Waals surface area contributed by atoms with Crippen LogP contribution in [0.4, 0.5) is 0 Å². The predicted octanol–water partition coefficient (Wildman–Crippen LogP) is 2.40. The number of hydrogen-bond acceptors (Lipinski definition) is 3. The van der Waals surface area contributed by atoms with Gasteiger partial charge in [-0.15, -0.1) is 0 Å². The summed E-state index contributed by atoms with van der Waals surface area (Å²) < 4.78 is 1.13. The van der Waals surface area contributed by atoms with Crippen molar-refractivity contribution in [3.8, 4) is 0 Å². The van der Waals surface area contributed by atoms with Crippen molar-refractivity contribution in [2.24, 2.45) is 11.0 Å². The van der Waals surface area contributed by atoms with Crippen molar-refractivity contribution in [3.05, 3.63) is 34.3 Å². The number of hydrogen-bond donors (Lipinski definition) is 1. The molecule has 0 aromatic heterocycles. The molecule has 0 aliphatic carbocycles. The summed E-state index contributed by atoms with van der Waals surface area (Å²) in [6, 6.07) is 8.85. The van der Waals surface area contributed by atoms with Crippen molar-refractivity contribution < 1.29 is 0 Å². The van der Waals surface area contributed by atoms with Crippen molar-refractivity contribution in [2.75, 3.05) is 20.1 Å². The van der Waals surface area contributed by atoms with E-state index in [2.05, 4.69) is 62.7 Å². The van der Waals surface area contributed by atoms with Gasteiger partial charge in [-0.05, 0) is 24.7 Å². The number of halogens is 1. The number of nitrogens with one attached hydrogen (secondary N) is 1. The predicted molar refractivity (Wildman–Crippen MR) is 73.1 cm³/mol. The van der Waals surface area contributed by atoms with Gasteiger partial charge in [-0.1, -0.05) is 28.1 Å². The fourth-order valence-corrected chi connectivity index (χ4v) is 3.13. The minimum Gasteiger partial charge on any atom is -0.305 e. The maximum absolute atomic E-state index is 4.50. The average Bonchev–Trinajstić information content (AvgIpc) is 2.71. The average molecular weight is 294 g/mol. The Bertz CT molecular complexity index is 458. The van der Waals surface area contributed by atoms with E-state index in [1.54, 1.807) is 0 Å². The largest absolute Gasteiger partial charge is 0.305 e. The molecule has 90 valence electrons. The highest BCUT2D eigenvalue weighted by Gasteiger charge is 2.35. The molecular formula is C13H16BrN3. The second-order valence-corrected chi connectivity index (χ2v) is 5.80. The first-order chi connectivity index (χ1) is 8.24. The zero-order valence-corrected chi connectivity index (χ0v) is 11.4. The summed E-state index contributed by atoms with van der Waals surface area (Å²) in [5.74, 6) is 0.531. The van der Waals surface area contributed by atoms with Gasteiger partial charge in [-0.3, -0.25) is 0 Å². The third kappa shape index (κ3) is 2.11. The van der Waals surface area contributed by atoms with Gasteiger partial charge in [0, 0.05) is 35.6 Å². The van der Waals surface area contributed by atoms with Crippen LogP contribution >= 0.6 is 15.9 Å². The Morgan fingerprint density at radius 2 is 2.35 bits per heavy atom. The number of fused-ring (bicyclic) bond motifs is 1. The van der Waals surface area contributed by atoms with E-state index in [1.807, 2.05) is 0 Å². The standard InChI is InChI=1S/C13H16BrN3/c1-17-6-5-12-11(8-17)13(16-15-12)9-3-2-4-10(14)7-9/h2-4,7,11,13,16H,5-6,8H2,1H3. The molecule has 2 unspecified atom stereocenters. The third-order valence-corrected chi connectivity index (χ3v) is 4.14. The molecule has 1 aromatic rings. The Morgan fingerprint density at radius 3 is 3.18 bits per heavy atom. The molecule has 17 heavy (non-hydrogen) atoms. The molecule has 3 rings (SSSR count). The Kier molecular flexibility index (Phi) is 2.92. The van der Waals surface area contributed by atoms with Crippen molar-refractivity contribution in [1.29, 1.82) is 0 Å². The van der Waals surface area contributed by atoms with Gasteiger partial charge in [-0.25, -0.2) is 0 Å². The molecule has 2 aliphatic rings. The van der Waals surface area contributed by atoms with Crippen LogP contribution in [0, 0.1) is 5.92 Å². The second-order valence-electron chi connectivity index (χ2n) is 4.88. The van der Waals surface area contributed by atoms with Crippen LogP contribution in [0.2, 0.25) is 0 Å². The van der Waals surface area contributed by atoms with Crippen LogP contribution in [0.25, 0.3) is 0 Å². The van der Waals surface area contributed by atoms with E-state index in [-0.39, 0.29) is 0 Å². The normalized spacial score (nSPS) is 28.5. The van der Waals surface area contributed by atoms with Crippen LogP contribution < -0.4 is 5.43 Å². The van der Waals surface area contributed by atoms with Gasteiger partial charge in [0.15, 0.2) is 0 Å². The number of nitrogens with zero attached hydrogens (tertiary/aromatic N) is 2. The van der Waals surface area contributed by atoms with E-state index in [9.17, 15) is 0 Å².